The van der Waals surface area contributed by atoms with Gasteiger partial charge >= 0.3 is 5.69 Å². The third-order valence-corrected chi connectivity index (χ3v) is 4.38. The highest BCUT2D eigenvalue weighted by atomic mass is 16.6. The molecule has 0 unspecified atom stereocenters. The lowest BCUT2D eigenvalue weighted by molar-refractivity contribution is -0.225. The normalized spacial score (nSPS) is 39.9. The first-order chi connectivity index (χ1) is 11.2. The fourth-order valence-electron chi connectivity index (χ4n) is 2.25. The van der Waals surface area contributed by atoms with Gasteiger partial charge in [0, 0.05) is 23.3 Å². The first kappa shape index (κ1) is 13.0. The van der Waals surface area contributed by atoms with Crippen LogP contribution in [0.5, 0.6) is 0 Å². The zero-order valence-corrected chi connectivity index (χ0v) is 13.6. The van der Waals surface area contributed by atoms with Gasteiger partial charge in [0.25, 0.3) is 0 Å². The highest BCUT2D eigenvalue weighted by Gasteiger charge is 2.61. The summed E-state index contributed by atoms with van der Waals surface area (Å²) in [6, 6.07) is 0. The summed E-state index contributed by atoms with van der Waals surface area (Å²) in [7, 11) is 2.91. The van der Waals surface area contributed by atoms with Crippen LogP contribution < -0.4 is 11.0 Å². The predicted molar refractivity (Wildman–Crippen MR) is 80.7 cm³/mol. The molecule has 1 aromatic heterocycles. The molecule has 0 aromatic carbocycles. The predicted octanol–water partition coefficient (Wildman–Crippen LogP) is 0.534. The minimum Gasteiger partial charge on any atom is -0.387 e. The Kier molecular flexibility index (Phi) is 3.12. The summed E-state index contributed by atoms with van der Waals surface area (Å²) in [5, 5.41) is 13.6. The molecule has 2 N–H and O–H groups in total. The minimum absolute atomic E-state index is 0.0233. The van der Waals surface area contributed by atoms with E-state index in [0.29, 0.717) is 4.57 Å². The zero-order valence-electron chi connectivity index (χ0n) is 16.6. The smallest absolute Gasteiger partial charge is 0.354 e. The van der Waals surface area contributed by atoms with E-state index in [0.717, 1.165) is 6.33 Å². The number of rotatable bonds is 4. The first-order valence-electron chi connectivity index (χ1n) is 8.33. The summed E-state index contributed by atoms with van der Waals surface area (Å²) < 4.78 is 37.2. The number of nitrogens with zero attached hydrogens (tertiary/aromatic N) is 3. The molecule has 22 heavy (non-hydrogen) atoms. The Morgan fingerprint density at radius 1 is 1.68 bits per heavy atom. The number of nitrogens with one attached hydrogen (secondary N) is 1. The van der Waals surface area contributed by atoms with Gasteiger partial charge < -0.3 is 19.9 Å². The van der Waals surface area contributed by atoms with Crippen molar-refractivity contribution in [2.24, 2.45) is 0 Å². The Labute approximate surface area is 133 Å². The zero-order chi connectivity index (χ0) is 19.5. The van der Waals surface area contributed by atoms with Gasteiger partial charge in [-0.05, 0) is 27.7 Å². The van der Waals surface area contributed by atoms with Crippen LogP contribution in [0.4, 0.5) is 5.95 Å². The SMILES string of the molecule is [2H]C1([2H])[C@]([2H])(n2cnc(NC)nc2=O)O[C@](C)(C(C)(C)OC)[C@@]1(C)O. The van der Waals surface area contributed by atoms with Crippen molar-refractivity contribution in [1.29, 1.82) is 0 Å². The van der Waals surface area contributed by atoms with E-state index in [1.807, 2.05) is 0 Å². The molecule has 0 aliphatic carbocycles. The van der Waals surface area contributed by atoms with E-state index in [4.69, 9.17) is 13.6 Å². The molecular weight excluding hydrogens is 288 g/mol. The summed E-state index contributed by atoms with van der Waals surface area (Å²) in [5.41, 5.74) is -5.96. The van der Waals surface area contributed by atoms with Gasteiger partial charge in [0.05, 0.1) is 12.6 Å². The maximum atomic E-state index is 12.3. The lowest BCUT2D eigenvalue weighted by atomic mass is 9.74. The molecule has 2 rings (SSSR count). The maximum absolute atomic E-state index is 12.3. The monoisotopic (exact) mass is 315 g/mol. The molecule has 8 heteroatoms. The molecule has 1 aliphatic heterocycles. The van der Waals surface area contributed by atoms with Gasteiger partial charge in [0.2, 0.25) is 5.95 Å². The Morgan fingerprint density at radius 2 is 2.32 bits per heavy atom. The van der Waals surface area contributed by atoms with E-state index < -0.39 is 35.1 Å². The average molecular weight is 315 g/mol. The summed E-state index contributed by atoms with van der Waals surface area (Å²) >= 11 is 0. The van der Waals surface area contributed by atoms with Crippen LogP contribution in [0.1, 0.15) is 44.4 Å². The molecular formula is C14H24N4O4. The molecule has 0 amide bonds. The van der Waals surface area contributed by atoms with Gasteiger partial charge in [-0.2, -0.15) is 4.98 Å². The van der Waals surface area contributed by atoms with E-state index in [1.165, 1.54) is 28.0 Å². The summed E-state index contributed by atoms with van der Waals surface area (Å²) in [6.07, 6.45) is -4.34. The van der Waals surface area contributed by atoms with Gasteiger partial charge in [-0.15, -0.1) is 0 Å². The second-order valence-corrected chi connectivity index (χ2v) is 5.93. The van der Waals surface area contributed by atoms with Crippen LogP contribution in [0.15, 0.2) is 11.1 Å². The van der Waals surface area contributed by atoms with E-state index in [-0.39, 0.29) is 5.95 Å². The van der Waals surface area contributed by atoms with Crippen LogP contribution in [0.3, 0.4) is 0 Å². The van der Waals surface area contributed by atoms with Crippen molar-refractivity contribution < 1.29 is 18.7 Å². The number of anilines is 1. The van der Waals surface area contributed by atoms with Crippen LogP contribution in [0.2, 0.25) is 0 Å². The lowest BCUT2D eigenvalue weighted by Crippen LogP contribution is -2.61. The number of hydrogen-bond donors (Lipinski definition) is 2. The molecule has 1 aliphatic rings. The summed E-state index contributed by atoms with van der Waals surface area (Å²) in [6.45, 7) is 5.87. The second kappa shape index (κ2) is 5.29. The third-order valence-electron chi connectivity index (χ3n) is 4.38. The molecule has 8 nitrogen and oxygen atoms in total. The van der Waals surface area contributed by atoms with E-state index in [1.54, 1.807) is 13.8 Å². The first-order valence-corrected chi connectivity index (χ1v) is 6.83. The van der Waals surface area contributed by atoms with E-state index in [9.17, 15) is 9.90 Å². The molecule has 2 heterocycles. The van der Waals surface area contributed by atoms with Gasteiger partial charge in [-0.3, -0.25) is 4.57 Å². The van der Waals surface area contributed by atoms with Gasteiger partial charge in [-0.25, -0.2) is 9.78 Å². The fraction of sp³-hybridized carbons (Fsp3) is 0.786. The average Bonchev–Trinajstić information content (AvgIpc) is 2.63. The minimum atomic E-state index is -2.70. The third kappa shape index (κ3) is 2.41. The second-order valence-electron chi connectivity index (χ2n) is 5.93. The molecule has 0 spiro atoms. The molecule has 0 saturated carbocycles. The van der Waals surface area contributed by atoms with Crippen molar-refractivity contribution in [2.75, 3.05) is 19.5 Å². The van der Waals surface area contributed by atoms with Crippen LogP contribution in [0.25, 0.3) is 0 Å². The Bertz CT molecular complexity index is 739. The number of ether oxygens (including phenoxy) is 2. The van der Waals surface area contributed by atoms with Crippen molar-refractivity contribution >= 4 is 5.95 Å². The Morgan fingerprint density at radius 3 is 2.82 bits per heavy atom. The fourth-order valence-corrected chi connectivity index (χ4v) is 2.25. The number of aliphatic hydroxyl groups is 1. The summed E-state index contributed by atoms with van der Waals surface area (Å²) in [4.78, 5) is 19.8. The van der Waals surface area contributed by atoms with Crippen LogP contribution in [-0.2, 0) is 9.47 Å². The Hall–Kier alpha value is -1.51. The van der Waals surface area contributed by atoms with Crippen LogP contribution in [-0.4, -0.2) is 50.6 Å². The van der Waals surface area contributed by atoms with Crippen molar-refractivity contribution in [3.8, 4) is 0 Å². The molecule has 1 aromatic rings. The van der Waals surface area contributed by atoms with Crippen molar-refractivity contribution in [3.63, 3.8) is 0 Å². The van der Waals surface area contributed by atoms with Crippen LogP contribution >= 0.6 is 0 Å². The van der Waals surface area contributed by atoms with Crippen molar-refractivity contribution in [2.45, 2.75) is 57.1 Å². The molecule has 124 valence electrons. The van der Waals surface area contributed by atoms with Gasteiger partial charge in [-0.1, -0.05) is 0 Å². The largest absolute Gasteiger partial charge is 0.387 e. The molecule has 3 atom stereocenters. The van der Waals surface area contributed by atoms with Crippen LogP contribution in [0, 0.1) is 0 Å². The lowest BCUT2D eigenvalue weighted by Gasteiger charge is -2.46. The van der Waals surface area contributed by atoms with Gasteiger partial charge in [0.15, 0.2) is 0 Å². The van der Waals surface area contributed by atoms with Gasteiger partial charge in [0.1, 0.15) is 18.1 Å². The highest BCUT2D eigenvalue weighted by Crippen LogP contribution is 2.50. The van der Waals surface area contributed by atoms with E-state index >= 15 is 0 Å². The van der Waals surface area contributed by atoms with Crippen molar-refractivity contribution in [1.82, 2.24) is 14.5 Å². The van der Waals surface area contributed by atoms with E-state index in [2.05, 4.69) is 15.3 Å². The molecule has 0 radical (unpaired) electrons. The molecule has 1 fully saturated rings. The number of aromatic nitrogens is 3. The highest BCUT2D eigenvalue weighted by molar-refractivity contribution is 5.19. The van der Waals surface area contributed by atoms with Crippen molar-refractivity contribution in [3.05, 3.63) is 16.8 Å². The maximum Gasteiger partial charge on any atom is 0.354 e. The Balaban J connectivity index is 2.73. The number of hydrogen-bond acceptors (Lipinski definition) is 7. The summed E-state index contributed by atoms with van der Waals surface area (Å²) in [5.74, 6) is 0.0233. The standard InChI is InChI=1S/C14H24N4O4/c1-12(2,21-6)14(4)13(3,20)7-9(22-14)18-8-16-10(15-5)17-11(18)19/h8-9,20H,7H2,1-6H3,(H,15,17,19)/t9-,13+,14-/m1/s1/i7D2,9D. The number of methoxy groups -OCH3 is 1. The quantitative estimate of drug-likeness (QED) is 0.836. The molecule has 0 bridgehead atoms. The topological polar surface area (TPSA) is 98.5 Å². The molecule has 1 saturated heterocycles.